The van der Waals surface area contributed by atoms with Gasteiger partial charge in [0.1, 0.15) is 17.4 Å². The zero-order valence-corrected chi connectivity index (χ0v) is 17.2. The molecule has 0 fully saturated rings. The van der Waals surface area contributed by atoms with Gasteiger partial charge in [0.15, 0.2) is 0 Å². The van der Waals surface area contributed by atoms with E-state index < -0.39 is 23.5 Å². The molecule has 0 spiro atoms. The van der Waals surface area contributed by atoms with Crippen molar-refractivity contribution in [1.29, 1.82) is 0 Å². The van der Waals surface area contributed by atoms with E-state index in [1.54, 1.807) is 43.3 Å². The number of hydrogen-bond acceptors (Lipinski definition) is 5. The number of methoxy groups -OCH3 is 1. The molecule has 2 N–H and O–H groups in total. The van der Waals surface area contributed by atoms with Crippen LogP contribution < -0.4 is 15.7 Å². The predicted octanol–water partition coefficient (Wildman–Crippen LogP) is 3.12. The molecule has 1 amide bonds. The second kappa shape index (κ2) is 9.00. The summed E-state index contributed by atoms with van der Waals surface area (Å²) in [5, 5.41) is 13.1. The smallest absolute Gasteiger partial charge is 0.336 e. The molecule has 8 heteroatoms. The molecule has 0 aliphatic rings. The first-order chi connectivity index (χ1) is 14.3. The number of carboxylic acid groups (broad SMARTS) is 1. The summed E-state index contributed by atoms with van der Waals surface area (Å²) >= 11 is 5.85. The van der Waals surface area contributed by atoms with Crippen LogP contribution in [-0.4, -0.2) is 30.1 Å². The van der Waals surface area contributed by atoms with Crippen molar-refractivity contribution in [3.63, 3.8) is 0 Å². The Morgan fingerprint density at radius 1 is 1.20 bits per heavy atom. The molecule has 0 saturated heterocycles. The Kier molecular flexibility index (Phi) is 6.42. The Morgan fingerprint density at radius 3 is 2.53 bits per heavy atom. The molecule has 3 rings (SSSR count). The summed E-state index contributed by atoms with van der Waals surface area (Å²) in [6, 6.07) is 10.3. The van der Waals surface area contributed by atoms with E-state index in [-0.39, 0.29) is 12.8 Å². The molecular weight excluding hydrogens is 410 g/mol. The molecule has 1 aromatic heterocycles. The minimum absolute atomic E-state index is 0.103. The van der Waals surface area contributed by atoms with Crippen molar-refractivity contribution in [2.45, 2.75) is 25.8 Å². The highest BCUT2D eigenvalue weighted by Crippen LogP contribution is 2.28. The molecule has 0 saturated carbocycles. The van der Waals surface area contributed by atoms with Gasteiger partial charge < -0.3 is 19.6 Å². The summed E-state index contributed by atoms with van der Waals surface area (Å²) in [4.78, 5) is 36.2. The van der Waals surface area contributed by atoms with Crippen molar-refractivity contribution in [2.24, 2.45) is 0 Å². The molecular formula is C22H20ClNO6. The van der Waals surface area contributed by atoms with Gasteiger partial charge in [-0.25, -0.2) is 9.59 Å². The maximum Gasteiger partial charge on any atom is 0.336 e. The summed E-state index contributed by atoms with van der Waals surface area (Å²) in [5.41, 5.74) is 1.54. The molecule has 156 valence electrons. The van der Waals surface area contributed by atoms with Crippen molar-refractivity contribution >= 4 is 34.4 Å². The summed E-state index contributed by atoms with van der Waals surface area (Å²) in [5.74, 6) is -1.12. The number of amides is 1. The fourth-order valence-corrected chi connectivity index (χ4v) is 3.38. The monoisotopic (exact) mass is 429 g/mol. The average molecular weight is 430 g/mol. The highest BCUT2D eigenvalue weighted by Gasteiger charge is 2.22. The van der Waals surface area contributed by atoms with Crippen molar-refractivity contribution in [2.75, 3.05) is 7.11 Å². The van der Waals surface area contributed by atoms with Crippen LogP contribution in [-0.2, 0) is 22.4 Å². The van der Waals surface area contributed by atoms with Crippen LogP contribution in [0.4, 0.5) is 0 Å². The van der Waals surface area contributed by atoms with Crippen molar-refractivity contribution in [3.8, 4) is 5.75 Å². The maximum absolute atomic E-state index is 12.6. The first kappa shape index (κ1) is 21.4. The third-order valence-electron chi connectivity index (χ3n) is 4.75. The molecule has 0 unspecified atom stereocenters. The Labute approximate surface area is 177 Å². The average Bonchev–Trinajstić information content (AvgIpc) is 2.69. The third-order valence-corrected chi connectivity index (χ3v) is 5.01. The van der Waals surface area contributed by atoms with Gasteiger partial charge in [0.25, 0.3) is 0 Å². The molecule has 2 aromatic carbocycles. The number of rotatable bonds is 7. The number of carboxylic acids is 1. The van der Waals surface area contributed by atoms with Crippen molar-refractivity contribution in [3.05, 3.63) is 74.6 Å². The van der Waals surface area contributed by atoms with Crippen LogP contribution in [0.3, 0.4) is 0 Å². The van der Waals surface area contributed by atoms with Crippen LogP contribution in [0.1, 0.15) is 16.7 Å². The molecule has 1 atom stereocenters. The topological polar surface area (TPSA) is 106 Å². The Morgan fingerprint density at radius 2 is 1.90 bits per heavy atom. The fraction of sp³-hybridized carbons (Fsp3) is 0.227. The minimum Gasteiger partial charge on any atom is -0.496 e. The normalized spacial score (nSPS) is 11.8. The molecule has 0 aliphatic carbocycles. The van der Waals surface area contributed by atoms with Crippen LogP contribution in [0.2, 0.25) is 5.02 Å². The quantitative estimate of drug-likeness (QED) is 0.559. The van der Waals surface area contributed by atoms with E-state index in [2.05, 4.69) is 5.32 Å². The summed E-state index contributed by atoms with van der Waals surface area (Å²) in [7, 11) is 1.51. The Bertz CT molecular complexity index is 1150. The van der Waals surface area contributed by atoms with Crippen LogP contribution >= 0.6 is 11.6 Å². The first-order valence-corrected chi connectivity index (χ1v) is 9.53. The number of benzene rings is 2. The van der Waals surface area contributed by atoms with Gasteiger partial charge in [-0.3, -0.25) is 4.79 Å². The van der Waals surface area contributed by atoms with E-state index in [0.717, 1.165) is 5.56 Å². The van der Waals surface area contributed by atoms with Gasteiger partial charge in [0.2, 0.25) is 5.91 Å². The van der Waals surface area contributed by atoms with Gasteiger partial charge in [-0.05, 0) is 42.3 Å². The Hall–Kier alpha value is -3.32. The number of aliphatic carboxylic acids is 1. The zero-order valence-electron chi connectivity index (χ0n) is 16.4. The Balaban J connectivity index is 1.83. The number of halogens is 1. The van der Waals surface area contributed by atoms with E-state index in [0.29, 0.717) is 32.9 Å². The molecule has 1 heterocycles. The number of carbonyl (C=O) groups excluding carboxylic acids is 1. The second-order valence-electron chi connectivity index (χ2n) is 6.83. The lowest BCUT2D eigenvalue weighted by atomic mass is 10.0. The summed E-state index contributed by atoms with van der Waals surface area (Å²) in [6.07, 6.45) is -0.0650. The summed E-state index contributed by atoms with van der Waals surface area (Å²) < 4.78 is 10.5. The standard InChI is InChI=1S/C22H20ClNO6/c1-12-18(29-2)8-7-16-14(11-20(26)30-21(12)16)10-19(25)24-17(22(27)28)9-13-3-5-15(23)6-4-13/h3-8,11,17H,9-10H2,1-2H3,(H,24,25)(H,27,28)/t17-/m0/s1. The lowest BCUT2D eigenvalue weighted by Crippen LogP contribution is -2.43. The van der Waals surface area contributed by atoms with Gasteiger partial charge in [-0.15, -0.1) is 0 Å². The predicted molar refractivity (Wildman–Crippen MR) is 112 cm³/mol. The highest BCUT2D eigenvalue weighted by molar-refractivity contribution is 6.30. The number of aryl methyl sites for hydroxylation is 1. The lowest BCUT2D eigenvalue weighted by molar-refractivity contribution is -0.141. The molecule has 7 nitrogen and oxygen atoms in total. The van der Waals surface area contributed by atoms with Crippen molar-refractivity contribution in [1.82, 2.24) is 5.32 Å². The molecule has 0 aliphatic heterocycles. The highest BCUT2D eigenvalue weighted by atomic mass is 35.5. The van der Waals surface area contributed by atoms with Gasteiger partial charge in [0, 0.05) is 28.5 Å². The maximum atomic E-state index is 12.6. The number of nitrogens with one attached hydrogen (secondary N) is 1. The van der Waals surface area contributed by atoms with Gasteiger partial charge in [-0.2, -0.15) is 0 Å². The first-order valence-electron chi connectivity index (χ1n) is 9.15. The van der Waals surface area contributed by atoms with Crippen LogP contribution in [0.5, 0.6) is 5.75 Å². The van der Waals surface area contributed by atoms with Gasteiger partial charge in [-0.1, -0.05) is 23.7 Å². The lowest BCUT2D eigenvalue weighted by Gasteiger charge is -2.15. The van der Waals surface area contributed by atoms with E-state index in [1.165, 1.54) is 13.2 Å². The van der Waals surface area contributed by atoms with Gasteiger partial charge >= 0.3 is 11.6 Å². The van der Waals surface area contributed by atoms with Crippen LogP contribution in [0.15, 0.2) is 51.7 Å². The minimum atomic E-state index is -1.16. The molecule has 3 aromatic rings. The fourth-order valence-electron chi connectivity index (χ4n) is 3.25. The van der Waals surface area contributed by atoms with E-state index in [1.807, 2.05) is 0 Å². The van der Waals surface area contributed by atoms with E-state index in [9.17, 15) is 19.5 Å². The number of carbonyl (C=O) groups is 2. The van der Waals surface area contributed by atoms with Crippen molar-refractivity contribution < 1.29 is 23.8 Å². The number of ether oxygens (including phenoxy) is 1. The van der Waals surface area contributed by atoms with E-state index in [4.69, 9.17) is 20.8 Å². The molecule has 0 radical (unpaired) electrons. The number of hydrogen-bond donors (Lipinski definition) is 2. The molecule has 0 bridgehead atoms. The van der Waals surface area contributed by atoms with Gasteiger partial charge in [0.05, 0.1) is 13.5 Å². The largest absolute Gasteiger partial charge is 0.496 e. The third kappa shape index (κ3) is 4.80. The number of fused-ring (bicyclic) bond motifs is 1. The van der Waals surface area contributed by atoms with E-state index >= 15 is 0 Å². The zero-order chi connectivity index (χ0) is 21.8. The molecule has 30 heavy (non-hydrogen) atoms. The second-order valence-corrected chi connectivity index (χ2v) is 7.26. The summed E-state index contributed by atoms with van der Waals surface area (Å²) in [6.45, 7) is 1.75. The van der Waals surface area contributed by atoms with Crippen LogP contribution in [0, 0.1) is 6.92 Å². The SMILES string of the molecule is COc1ccc2c(CC(=O)N[C@@H](Cc3ccc(Cl)cc3)C(=O)O)cc(=O)oc2c1C. The van der Waals surface area contributed by atoms with Crippen LogP contribution in [0.25, 0.3) is 11.0 Å².